The number of rotatable bonds is 4. The van der Waals surface area contributed by atoms with Crippen LogP contribution in [-0.4, -0.2) is 6.17 Å². The zero-order chi connectivity index (χ0) is 6.41. The molecule has 0 spiro atoms. The Morgan fingerprint density at radius 2 is 1.88 bits per heavy atom. The number of nitroso groups, excluding NO2 is 2. The quantitative estimate of drug-likeness (QED) is 0.524. The Labute approximate surface area is 47.2 Å². The van der Waals surface area contributed by atoms with Gasteiger partial charge in [0.05, 0.1) is 0 Å². The molecule has 0 N–H and O–H groups in total. The number of nitrogens with zero attached hydrogens (tertiary/aromatic N) is 2. The van der Waals surface area contributed by atoms with Crippen molar-refractivity contribution < 1.29 is 0 Å². The first-order chi connectivity index (χ1) is 3.85. The highest BCUT2D eigenvalue weighted by atomic mass is 16.3. The maximum atomic E-state index is 9.58. The van der Waals surface area contributed by atoms with Crippen LogP contribution in [0.5, 0.6) is 0 Å². The molecular formula is C4H8N2O2. The predicted octanol–water partition coefficient (Wildman–Crippen LogP) is 1.65. The molecule has 0 saturated carbocycles. The topological polar surface area (TPSA) is 58.9 Å². The summed E-state index contributed by atoms with van der Waals surface area (Å²) in [6.45, 7) is 1.86. The lowest BCUT2D eigenvalue weighted by atomic mass is 10.3. The van der Waals surface area contributed by atoms with Crippen molar-refractivity contribution in [3.8, 4) is 0 Å². The lowest BCUT2D eigenvalue weighted by molar-refractivity contribution is 0.623. The van der Waals surface area contributed by atoms with Crippen molar-refractivity contribution in [3.05, 3.63) is 9.81 Å². The van der Waals surface area contributed by atoms with E-state index in [1.807, 2.05) is 6.92 Å². The van der Waals surface area contributed by atoms with Crippen molar-refractivity contribution in [2.45, 2.75) is 25.9 Å². The van der Waals surface area contributed by atoms with Gasteiger partial charge >= 0.3 is 0 Å². The molecule has 4 nitrogen and oxygen atoms in total. The highest BCUT2D eigenvalue weighted by molar-refractivity contribution is 4.58. The van der Waals surface area contributed by atoms with Crippen LogP contribution >= 0.6 is 0 Å². The van der Waals surface area contributed by atoms with Crippen LogP contribution in [0.4, 0.5) is 0 Å². The first kappa shape index (κ1) is 7.20. The molecule has 0 heterocycles. The summed E-state index contributed by atoms with van der Waals surface area (Å²) in [5.41, 5.74) is 0. The molecule has 0 bridgehead atoms. The van der Waals surface area contributed by atoms with Crippen molar-refractivity contribution >= 4 is 0 Å². The summed E-state index contributed by atoms with van der Waals surface area (Å²) in [6, 6.07) is 0. The third-order valence-corrected chi connectivity index (χ3v) is 0.790. The fraction of sp³-hybridized carbons (Fsp3) is 1.00. The molecule has 0 radical (unpaired) electrons. The summed E-state index contributed by atoms with van der Waals surface area (Å²) < 4.78 is 0. The summed E-state index contributed by atoms with van der Waals surface area (Å²) >= 11 is 0. The molecule has 0 rings (SSSR count). The highest BCUT2D eigenvalue weighted by Crippen LogP contribution is 2.00. The minimum absolute atomic E-state index is 0.465. The Morgan fingerprint density at radius 3 is 2.00 bits per heavy atom. The lowest BCUT2D eigenvalue weighted by Gasteiger charge is -1.91. The minimum Gasteiger partial charge on any atom is -0.148 e. The summed E-state index contributed by atoms with van der Waals surface area (Å²) in [5, 5.41) is 4.93. The number of hydrogen-bond acceptors (Lipinski definition) is 4. The van der Waals surface area contributed by atoms with E-state index in [-0.39, 0.29) is 0 Å². The second-order valence-electron chi connectivity index (χ2n) is 1.48. The van der Waals surface area contributed by atoms with Crippen LogP contribution in [0.3, 0.4) is 0 Å². The second-order valence-corrected chi connectivity index (χ2v) is 1.48. The zero-order valence-electron chi connectivity index (χ0n) is 4.70. The van der Waals surface area contributed by atoms with Gasteiger partial charge in [0.2, 0.25) is 6.17 Å². The van der Waals surface area contributed by atoms with Crippen molar-refractivity contribution in [1.82, 2.24) is 0 Å². The van der Waals surface area contributed by atoms with E-state index in [9.17, 15) is 9.81 Å². The molecule has 0 aromatic carbocycles. The van der Waals surface area contributed by atoms with E-state index in [1.165, 1.54) is 0 Å². The van der Waals surface area contributed by atoms with E-state index >= 15 is 0 Å². The Kier molecular flexibility index (Phi) is 3.93. The molecule has 0 saturated heterocycles. The molecule has 0 aromatic rings. The Hall–Kier alpha value is -0.800. The molecular weight excluding hydrogens is 108 g/mol. The molecule has 0 unspecified atom stereocenters. The fourth-order valence-corrected chi connectivity index (χ4v) is 0.383. The molecule has 0 amide bonds. The molecule has 0 aromatic heterocycles. The van der Waals surface area contributed by atoms with Crippen LogP contribution in [0, 0.1) is 9.81 Å². The molecule has 8 heavy (non-hydrogen) atoms. The smallest absolute Gasteiger partial charge is 0.148 e. The van der Waals surface area contributed by atoms with E-state index in [4.69, 9.17) is 0 Å². The van der Waals surface area contributed by atoms with Gasteiger partial charge in [0, 0.05) is 0 Å². The Morgan fingerprint density at radius 1 is 1.38 bits per heavy atom. The summed E-state index contributed by atoms with van der Waals surface area (Å²) in [5.74, 6) is 0. The van der Waals surface area contributed by atoms with Gasteiger partial charge in [-0.15, -0.1) is 9.81 Å². The monoisotopic (exact) mass is 116 g/mol. The van der Waals surface area contributed by atoms with Gasteiger partial charge < -0.3 is 0 Å². The maximum absolute atomic E-state index is 9.58. The van der Waals surface area contributed by atoms with Gasteiger partial charge in [0.15, 0.2) is 0 Å². The summed E-state index contributed by atoms with van der Waals surface area (Å²) in [4.78, 5) is 19.2. The Balaban J connectivity index is 3.35. The molecule has 0 fully saturated rings. The first-order valence-electron chi connectivity index (χ1n) is 2.50. The van der Waals surface area contributed by atoms with Crippen molar-refractivity contribution in [2.75, 3.05) is 0 Å². The average molecular weight is 116 g/mol. The van der Waals surface area contributed by atoms with E-state index in [2.05, 4.69) is 10.4 Å². The lowest BCUT2D eigenvalue weighted by Crippen LogP contribution is -1.95. The molecule has 4 heteroatoms. The van der Waals surface area contributed by atoms with Crippen molar-refractivity contribution in [1.29, 1.82) is 0 Å². The molecule has 0 aliphatic rings. The molecule has 0 aliphatic carbocycles. The van der Waals surface area contributed by atoms with Gasteiger partial charge in [-0.25, -0.2) is 0 Å². The minimum atomic E-state index is -0.861. The van der Waals surface area contributed by atoms with Gasteiger partial charge in [-0.3, -0.25) is 0 Å². The normalized spacial score (nSPS) is 9.25. The molecule has 46 valence electrons. The molecule has 0 aliphatic heterocycles. The molecule has 0 atom stereocenters. The van der Waals surface area contributed by atoms with Crippen LogP contribution in [0.15, 0.2) is 10.4 Å². The summed E-state index contributed by atoms with van der Waals surface area (Å²) in [7, 11) is 0. The third-order valence-electron chi connectivity index (χ3n) is 0.790. The maximum Gasteiger partial charge on any atom is 0.222 e. The zero-order valence-corrected chi connectivity index (χ0v) is 4.70. The van der Waals surface area contributed by atoms with Crippen LogP contribution in [0.25, 0.3) is 0 Å². The second kappa shape index (κ2) is 4.36. The van der Waals surface area contributed by atoms with Crippen molar-refractivity contribution in [2.24, 2.45) is 10.4 Å². The van der Waals surface area contributed by atoms with Gasteiger partial charge in [-0.1, -0.05) is 13.3 Å². The van der Waals surface area contributed by atoms with Gasteiger partial charge in [-0.05, 0) is 16.8 Å². The van der Waals surface area contributed by atoms with Crippen LogP contribution < -0.4 is 0 Å². The van der Waals surface area contributed by atoms with Gasteiger partial charge in [-0.2, -0.15) is 0 Å². The first-order valence-corrected chi connectivity index (χ1v) is 2.50. The van der Waals surface area contributed by atoms with Crippen LogP contribution in [-0.2, 0) is 0 Å². The SMILES string of the molecule is CCCC(N=O)N=O. The number of hydrogen-bond donors (Lipinski definition) is 0. The van der Waals surface area contributed by atoms with E-state index in [1.54, 1.807) is 0 Å². The van der Waals surface area contributed by atoms with Gasteiger partial charge in [0.25, 0.3) is 0 Å². The van der Waals surface area contributed by atoms with E-state index in [0.717, 1.165) is 6.42 Å². The average Bonchev–Trinajstić information content (AvgIpc) is 1.83. The van der Waals surface area contributed by atoms with Crippen LogP contribution in [0.2, 0.25) is 0 Å². The largest absolute Gasteiger partial charge is 0.222 e. The van der Waals surface area contributed by atoms with E-state index in [0.29, 0.717) is 6.42 Å². The Bertz CT molecular complexity index is 76.1. The summed E-state index contributed by atoms with van der Waals surface area (Å²) in [6.07, 6.45) is 0.370. The van der Waals surface area contributed by atoms with E-state index < -0.39 is 6.17 Å². The predicted molar refractivity (Wildman–Crippen MR) is 30.3 cm³/mol. The fourth-order valence-electron chi connectivity index (χ4n) is 0.383. The van der Waals surface area contributed by atoms with Crippen LogP contribution in [0.1, 0.15) is 19.8 Å². The van der Waals surface area contributed by atoms with Crippen molar-refractivity contribution in [3.63, 3.8) is 0 Å². The van der Waals surface area contributed by atoms with Gasteiger partial charge in [0.1, 0.15) is 0 Å². The highest BCUT2D eigenvalue weighted by Gasteiger charge is 2.03. The third kappa shape index (κ3) is 2.39. The standard InChI is InChI=1S/C4H8N2O2/c1-2-3-4(5-7)6-8/h4H,2-3H2,1H3.